The van der Waals surface area contributed by atoms with Gasteiger partial charge in [0.05, 0.1) is 6.61 Å². The summed E-state index contributed by atoms with van der Waals surface area (Å²) in [6.45, 7) is 10.6. The molecule has 1 fully saturated rings. The summed E-state index contributed by atoms with van der Waals surface area (Å²) in [5.41, 5.74) is 1.20. The second-order valence-corrected chi connectivity index (χ2v) is 8.45. The van der Waals surface area contributed by atoms with Crippen LogP contribution in [0.1, 0.15) is 58.1 Å². The van der Waals surface area contributed by atoms with Crippen molar-refractivity contribution in [2.45, 2.75) is 71.6 Å². The Hall–Kier alpha value is -2.28. The SMILES string of the molecule is CCOc1ccc(CC(NC(=O)OC(C)(C)C)C(=O)O)cc1CN1CCCCC1. The van der Waals surface area contributed by atoms with Crippen molar-refractivity contribution in [1.82, 2.24) is 10.2 Å². The number of hydrogen-bond donors (Lipinski definition) is 2. The third-order valence-corrected chi connectivity index (χ3v) is 4.70. The van der Waals surface area contributed by atoms with Gasteiger partial charge in [-0.2, -0.15) is 0 Å². The van der Waals surface area contributed by atoms with Gasteiger partial charge in [-0.25, -0.2) is 9.59 Å². The van der Waals surface area contributed by atoms with Crippen molar-refractivity contribution < 1.29 is 24.2 Å². The maximum Gasteiger partial charge on any atom is 0.408 e. The molecule has 1 aromatic rings. The highest BCUT2D eigenvalue weighted by Crippen LogP contribution is 2.24. The number of amides is 1. The lowest BCUT2D eigenvalue weighted by Crippen LogP contribution is -2.44. The van der Waals surface area contributed by atoms with Crippen LogP contribution in [0, 0.1) is 0 Å². The summed E-state index contributed by atoms with van der Waals surface area (Å²) in [7, 11) is 0. The zero-order valence-electron chi connectivity index (χ0n) is 18.0. The number of aliphatic carboxylic acids is 1. The molecule has 1 saturated heterocycles. The van der Waals surface area contributed by atoms with Crippen molar-refractivity contribution in [1.29, 1.82) is 0 Å². The van der Waals surface area contributed by atoms with Gasteiger partial charge in [0.1, 0.15) is 17.4 Å². The Morgan fingerprint density at radius 3 is 2.48 bits per heavy atom. The maximum absolute atomic E-state index is 12.0. The summed E-state index contributed by atoms with van der Waals surface area (Å²) < 4.78 is 11.0. The second-order valence-electron chi connectivity index (χ2n) is 8.45. The van der Waals surface area contributed by atoms with E-state index in [2.05, 4.69) is 10.2 Å². The Bertz CT molecular complexity index is 693. The average molecular weight is 407 g/mol. The van der Waals surface area contributed by atoms with Crippen molar-refractivity contribution in [3.63, 3.8) is 0 Å². The minimum Gasteiger partial charge on any atom is -0.494 e. The molecule has 1 atom stereocenters. The fraction of sp³-hybridized carbons (Fsp3) is 0.636. The quantitative estimate of drug-likeness (QED) is 0.686. The molecule has 0 spiro atoms. The number of nitrogens with one attached hydrogen (secondary N) is 1. The normalized spacial score (nSPS) is 16.1. The highest BCUT2D eigenvalue weighted by atomic mass is 16.6. The van der Waals surface area contributed by atoms with Gasteiger partial charge in [0.15, 0.2) is 0 Å². The summed E-state index contributed by atoms with van der Waals surface area (Å²) in [5, 5.41) is 12.0. The van der Waals surface area contributed by atoms with Crippen LogP contribution in [0.4, 0.5) is 4.79 Å². The standard InChI is InChI=1S/C22H34N2O5/c1-5-28-19-10-9-16(13-17(19)15-24-11-7-6-8-12-24)14-18(20(25)26)23-21(27)29-22(2,3)4/h9-10,13,18H,5-8,11-12,14-15H2,1-4H3,(H,23,27)(H,25,26). The zero-order chi connectivity index (χ0) is 21.4. The maximum atomic E-state index is 12.0. The van der Waals surface area contributed by atoms with E-state index in [9.17, 15) is 14.7 Å². The number of hydrogen-bond acceptors (Lipinski definition) is 5. The van der Waals surface area contributed by atoms with Crippen LogP contribution in [0.5, 0.6) is 5.75 Å². The Morgan fingerprint density at radius 1 is 1.21 bits per heavy atom. The van der Waals surface area contributed by atoms with Gasteiger partial charge in [-0.15, -0.1) is 0 Å². The molecule has 29 heavy (non-hydrogen) atoms. The fourth-order valence-electron chi connectivity index (χ4n) is 3.42. The number of likely N-dealkylation sites (tertiary alicyclic amines) is 1. The molecule has 7 nitrogen and oxygen atoms in total. The molecular formula is C22H34N2O5. The van der Waals surface area contributed by atoms with Crippen LogP contribution in [0.15, 0.2) is 18.2 Å². The molecule has 1 aromatic carbocycles. The third-order valence-electron chi connectivity index (χ3n) is 4.70. The van der Waals surface area contributed by atoms with E-state index in [1.54, 1.807) is 20.8 Å². The van der Waals surface area contributed by atoms with Crippen LogP contribution >= 0.6 is 0 Å². The van der Waals surface area contributed by atoms with E-state index in [-0.39, 0.29) is 6.42 Å². The van der Waals surface area contributed by atoms with Crippen molar-refractivity contribution in [2.24, 2.45) is 0 Å². The van der Waals surface area contributed by atoms with Gasteiger partial charge in [0, 0.05) is 18.5 Å². The molecule has 0 bridgehead atoms. The van der Waals surface area contributed by atoms with E-state index < -0.39 is 23.7 Å². The summed E-state index contributed by atoms with van der Waals surface area (Å²) in [6.07, 6.45) is 3.11. The number of carbonyl (C=O) groups excluding carboxylic acids is 1. The van der Waals surface area contributed by atoms with E-state index in [0.717, 1.165) is 36.5 Å². The van der Waals surface area contributed by atoms with E-state index in [0.29, 0.717) is 6.61 Å². The number of rotatable bonds is 8. The first kappa shape index (κ1) is 23.0. The van der Waals surface area contributed by atoms with Gasteiger partial charge >= 0.3 is 12.1 Å². The summed E-state index contributed by atoms with van der Waals surface area (Å²) in [6, 6.07) is 4.68. The monoisotopic (exact) mass is 406 g/mol. The lowest BCUT2D eigenvalue weighted by molar-refractivity contribution is -0.139. The lowest BCUT2D eigenvalue weighted by Gasteiger charge is -2.27. The van der Waals surface area contributed by atoms with Gasteiger partial charge in [0.2, 0.25) is 0 Å². The number of nitrogens with zero attached hydrogens (tertiary/aromatic N) is 1. The van der Waals surface area contributed by atoms with Gasteiger partial charge in [-0.3, -0.25) is 4.90 Å². The van der Waals surface area contributed by atoms with E-state index >= 15 is 0 Å². The predicted octanol–water partition coefficient (Wildman–Crippen LogP) is 3.59. The molecule has 2 N–H and O–H groups in total. The van der Waals surface area contributed by atoms with Crippen LogP contribution in [0.2, 0.25) is 0 Å². The number of piperidine rings is 1. The van der Waals surface area contributed by atoms with Gasteiger partial charge in [0.25, 0.3) is 0 Å². The lowest BCUT2D eigenvalue weighted by atomic mass is 10.0. The molecule has 1 amide bonds. The molecular weight excluding hydrogens is 372 g/mol. The Balaban J connectivity index is 2.13. The molecule has 2 rings (SSSR count). The highest BCUT2D eigenvalue weighted by Gasteiger charge is 2.25. The molecule has 0 aromatic heterocycles. The number of alkyl carbamates (subject to hydrolysis) is 1. The first-order valence-corrected chi connectivity index (χ1v) is 10.4. The summed E-state index contributed by atoms with van der Waals surface area (Å²) in [4.78, 5) is 26.1. The summed E-state index contributed by atoms with van der Waals surface area (Å²) >= 11 is 0. The number of benzene rings is 1. The minimum atomic E-state index is -1.10. The zero-order valence-corrected chi connectivity index (χ0v) is 18.0. The molecule has 1 heterocycles. The van der Waals surface area contributed by atoms with Crippen molar-refractivity contribution >= 4 is 12.1 Å². The number of ether oxygens (including phenoxy) is 2. The molecule has 7 heteroatoms. The average Bonchev–Trinajstić information content (AvgIpc) is 2.62. The van der Waals surface area contributed by atoms with Crippen LogP contribution in [0.3, 0.4) is 0 Å². The number of carboxylic acid groups (broad SMARTS) is 1. The first-order chi connectivity index (χ1) is 13.7. The Morgan fingerprint density at radius 2 is 1.90 bits per heavy atom. The van der Waals surface area contributed by atoms with Gasteiger partial charge in [-0.05, 0) is 65.3 Å². The van der Waals surface area contributed by atoms with Gasteiger partial charge in [-0.1, -0.05) is 18.6 Å². The first-order valence-electron chi connectivity index (χ1n) is 10.4. The third kappa shape index (κ3) is 7.93. The molecule has 162 valence electrons. The van der Waals surface area contributed by atoms with Crippen LogP contribution in [-0.2, 0) is 22.5 Å². The Labute approximate surface area is 173 Å². The number of carboxylic acids is 1. The van der Waals surface area contributed by atoms with Gasteiger partial charge < -0.3 is 19.9 Å². The van der Waals surface area contributed by atoms with E-state index in [1.165, 1.54) is 19.3 Å². The Kier molecular flexibility index (Phi) is 8.32. The molecule has 0 saturated carbocycles. The van der Waals surface area contributed by atoms with E-state index in [4.69, 9.17) is 9.47 Å². The second kappa shape index (κ2) is 10.5. The fourth-order valence-corrected chi connectivity index (χ4v) is 3.42. The largest absolute Gasteiger partial charge is 0.494 e. The van der Waals surface area contributed by atoms with Crippen LogP contribution in [-0.4, -0.2) is 53.4 Å². The molecule has 1 aliphatic rings. The van der Waals surface area contributed by atoms with Crippen molar-refractivity contribution in [3.05, 3.63) is 29.3 Å². The van der Waals surface area contributed by atoms with Crippen molar-refractivity contribution in [2.75, 3.05) is 19.7 Å². The summed E-state index contributed by atoms with van der Waals surface area (Å²) in [5.74, 6) is -0.267. The minimum absolute atomic E-state index is 0.175. The van der Waals surface area contributed by atoms with Crippen LogP contribution in [0.25, 0.3) is 0 Å². The van der Waals surface area contributed by atoms with E-state index in [1.807, 2.05) is 25.1 Å². The predicted molar refractivity (Wildman–Crippen MR) is 111 cm³/mol. The molecule has 0 radical (unpaired) electrons. The van der Waals surface area contributed by atoms with Crippen LogP contribution < -0.4 is 10.1 Å². The highest BCUT2D eigenvalue weighted by molar-refractivity contribution is 5.80. The molecule has 1 unspecified atom stereocenters. The molecule has 1 aliphatic heterocycles. The topological polar surface area (TPSA) is 88.1 Å². The smallest absolute Gasteiger partial charge is 0.408 e. The van der Waals surface area contributed by atoms with Crippen molar-refractivity contribution in [3.8, 4) is 5.75 Å². The molecule has 0 aliphatic carbocycles. The number of carbonyl (C=O) groups is 2.